The highest BCUT2D eigenvalue weighted by Crippen LogP contribution is 2.25. The van der Waals surface area contributed by atoms with Gasteiger partial charge in [0.1, 0.15) is 0 Å². The molecule has 0 bridgehead atoms. The molecule has 7 heteroatoms. The number of anilines is 1. The Hall–Kier alpha value is -0.660. The van der Waals surface area contributed by atoms with Crippen LogP contribution in [0.3, 0.4) is 0 Å². The summed E-state index contributed by atoms with van der Waals surface area (Å²) in [5, 5.41) is 15.2. The highest BCUT2D eigenvalue weighted by molar-refractivity contribution is 8.01. The lowest BCUT2D eigenvalue weighted by Crippen LogP contribution is -2.27. The van der Waals surface area contributed by atoms with E-state index in [-0.39, 0.29) is 0 Å². The van der Waals surface area contributed by atoms with Crippen molar-refractivity contribution in [3.8, 4) is 0 Å². The smallest absolute Gasteiger partial charge is 0.212 e. The van der Waals surface area contributed by atoms with Gasteiger partial charge in [0.2, 0.25) is 5.13 Å². The lowest BCUT2D eigenvalue weighted by Gasteiger charge is -2.03. The number of nitrogens with zero attached hydrogens (tertiary/aromatic N) is 2. The lowest BCUT2D eigenvalue weighted by molar-refractivity contribution is 0.973. The van der Waals surface area contributed by atoms with Crippen molar-refractivity contribution in [2.75, 3.05) is 17.6 Å². The van der Waals surface area contributed by atoms with Crippen molar-refractivity contribution in [3.63, 3.8) is 0 Å². The molecule has 1 aromatic heterocycles. The highest BCUT2D eigenvalue weighted by atomic mass is 32.2. The summed E-state index contributed by atoms with van der Waals surface area (Å²) < 4.78 is 0.914. The summed E-state index contributed by atoms with van der Waals surface area (Å²) in [6.45, 7) is 6.42. The monoisotopic (exact) mass is 260 g/mol. The molecule has 15 heavy (non-hydrogen) atoms. The van der Waals surface area contributed by atoms with E-state index < -0.39 is 0 Å². The lowest BCUT2D eigenvalue weighted by atomic mass is 10.7. The van der Waals surface area contributed by atoms with E-state index in [1.807, 2.05) is 13.0 Å². The first-order chi connectivity index (χ1) is 7.26. The molecule has 0 radical (unpaired) electrons. The molecule has 0 atom stereocenters. The molecule has 0 aromatic carbocycles. The Morgan fingerprint density at radius 3 is 3.13 bits per heavy atom. The number of hydrogen-bond donors (Lipinski definition) is 2. The zero-order valence-corrected chi connectivity index (χ0v) is 10.8. The van der Waals surface area contributed by atoms with Crippen molar-refractivity contribution >= 4 is 45.6 Å². The maximum Gasteiger partial charge on any atom is 0.212 e. The van der Waals surface area contributed by atoms with E-state index in [1.54, 1.807) is 11.8 Å². The molecule has 2 N–H and O–H groups in total. The molecule has 0 saturated carbocycles. The van der Waals surface area contributed by atoms with Crippen LogP contribution in [0.4, 0.5) is 5.13 Å². The standard InChI is InChI=1S/C8H12N4S3/c1-3-5-14-8-12-11-7(15-8)10-6(13)9-4-2/h3H,1,4-5H2,2H3,(H2,9,10,11,13). The molecular weight excluding hydrogens is 248 g/mol. The molecular formula is C8H12N4S3. The molecule has 0 saturated heterocycles. The predicted octanol–water partition coefficient (Wildman–Crippen LogP) is 2.12. The predicted molar refractivity (Wildman–Crippen MR) is 70.7 cm³/mol. The third-order valence-electron chi connectivity index (χ3n) is 1.29. The van der Waals surface area contributed by atoms with Gasteiger partial charge in [-0.2, -0.15) is 0 Å². The maximum absolute atomic E-state index is 5.03. The Bertz CT molecular complexity index is 336. The Balaban J connectivity index is 2.45. The molecule has 0 aliphatic rings. The minimum absolute atomic E-state index is 0.578. The van der Waals surface area contributed by atoms with Crippen LogP contribution in [-0.2, 0) is 0 Å². The van der Waals surface area contributed by atoms with Crippen molar-refractivity contribution in [1.29, 1.82) is 0 Å². The average molecular weight is 260 g/mol. The van der Waals surface area contributed by atoms with Gasteiger partial charge >= 0.3 is 0 Å². The molecule has 0 spiro atoms. The topological polar surface area (TPSA) is 49.8 Å². The minimum atomic E-state index is 0.578. The molecule has 0 aliphatic carbocycles. The van der Waals surface area contributed by atoms with Crippen LogP contribution in [0.5, 0.6) is 0 Å². The molecule has 1 rings (SSSR count). The summed E-state index contributed by atoms with van der Waals surface area (Å²) in [6.07, 6.45) is 1.84. The van der Waals surface area contributed by atoms with E-state index in [0.717, 1.165) is 16.6 Å². The zero-order chi connectivity index (χ0) is 11.1. The molecule has 4 nitrogen and oxygen atoms in total. The number of thiocarbonyl (C=S) groups is 1. The summed E-state index contributed by atoms with van der Waals surface area (Å²) in [5.74, 6) is 0.840. The number of hydrogen-bond acceptors (Lipinski definition) is 5. The van der Waals surface area contributed by atoms with Crippen molar-refractivity contribution in [2.24, 2.45) is 0 Å². The SMILES string of the molecule is C=CCSc1nnc(NC(=S)NCC)s1. The normalized spacial score (nSPS) is 9.67. The molecule has 82 valence electrons. The largest absolute Gasteiger partial charge is 0.363 e. The second-order valence-corrected chi connectivity index (χ2v) is 5.11. The number of rotatable bonds is 5. The van der Waals surface area contributed by atoms with Gasteiger partial charge in [-0.15, -0.1) is 16.8 Å². The summed E-state index contributed by atoms with van der Waals surface area (Å²) in [4.78, 5) is 0. The summed E-state index contributed by atoms with van der Waals surface area (Å²) in [5.41, 5.74) is 0. The van der Waals surface area contributed by atoms with E-state index >= 15 is 0 Å². The molecule has 1 heterocycles. The van der Waals surface area contributed by atoms with Gasteiger partial charge in [0, 0.05) is 12.3 Å². The van der Waals surface area contributed by atoms with Crippen LogP contribution < -0.4 is 10.6 Å². The maximum atomic E-state index is 5.03. The first-order valence-electron chi connectivity index (χ1n) is 4.38. The molecule has 0 fully saturated rings. The van der Waals surface area contributed by atoms with Gasteiger partial charge in [0.05, 0.1) is 0 Å². The Morgan fingerprint density at radius 2 is 2.47 bits per heavy atom. The number of nitrogens with one attached hydrogen (secondary N) is 2. The van der Waals surface area contributed by atoms with E-state index in [2.05, 4.69) is 27.4 Å². The molecule has 1 aromatic rings. The van der Waals surface area contributed by atoms with E-state index in [1.165, 1.54) is 11.3 Å². The second kappa shape index (κ2) is 6.76. The first kappa shape index (κ1) is 12.4. The molecule has 0 amide bonds. The van der Waals surface area contributed by atoms with Crippen LogP contribution >= 0.6 is 35.3 Å². The fourth-order valence-corrected chi connectivity index (χ4v) is 2.57. The fourth-order valence-electron chi connectivity index (χ4n) is 0.751. The third-order valence-corrected chi connectivity index (χ3v) is 3.50. The summed E-state index contributed by atoms with van der Waals surface area (Å²) >= 11 is 8.11. The van der Waals surface area contributed by atoms with Gasteiger partial charge in [0.15, 0.2) is 9.45 Å². The van der Waals surface area contributed by atoms with E-state index in [4.69, 9.17) is 12.2 Å². The quantitative estimate of drug-likeness (QED) is 0.480. The Morgan fingerprint density at radius 1 is 1.67 bits per heavy atom. The fraction of sp³-hybridized carbons (Fsp3) is 0.375. The van der Waals surface area contributed by atoms with Gasteiger partial charge in [0.25, 0.3) is 0 Å². The zero-order valence-electron chi connectivity index (χ0n) is 8.32. The summed E-state index contributed by atoms with van der Waals surface area (Å²) in [6, 6.07) is 0. The van der Waals surface area contributed by atoms with Crippen molar-refractivity contribution in [3.05, 3.63) is 12.7 Å². The second-order valence-electron chi connectivity index (χ2n) is 2.46. The minimum Gasteiger partial charge on any atom is -0.363 e. The third kappa shape index (κ3) is 4.59. The van der Waals surface area contributed by atoms with E-state index in [0.29, 0.717) is 10.2 Å². The van der Waals surface area contributed by atoms with Gasteiger partial charge < -0.3 is 10.6 Å². The average Bonchev–Trinajstić information content (AvgIpc) is 2.63. The van der Waals surface area contributed by atoms with Crippen LogP contribution in [0.1, 0.15) is 6.92 Å². The Kier molecular flexibility index (Phi) is 5.59. The molecule has 0 unspecified atom stereocenters. The van der Waals surface area contributed by atoms with Crippen LogP contribution in [0.25, 0.3) is 0 Å². The van der Waals surface area contributed by atoms with Crippen LogP contribution in [0, 0.1) is 0 Å². The number of thioether (sulfide) groups is 1. The number of aromatic nitrogens is 2. The highest BCUT2D eigenvalue weighted by Gasteiger charge is 2.04. The van der Waals surface area contributed by atoms with Gasteiger partial charge in [-0.25, -0.2) is 0 Å². The van der Waals surface area contributed by atoms with Gasteiger partial charge in [-0.3, -0.25) is 0 Å². The van der Waals surface area contributed by atoms with Crippen molar-refractivity contribution in [2.45, 2.75) is 11.3 Å². The van der Waals surface area contributed by atoms with Crippen LogP contribution in [0.2, 0.25) is 0 Å². The summed E-state index contributed by atoms with van der Waals surface area (Å²) in [7, 11) is 0. The Labute approximate surface area is 103 Å². The van der Waals surface area contributed by atoms with Crippen molar-refractivity contribution in [1.82, 2.24) is 15.5 Å². The van der Waals surface area contributed by atoms with Crippen LogP contribution in [-0.4, -0.2) is 27.6 Å². The van der Waals surface area contributed by atoms with Gasteiger partial charge in [-0.1, -0.05) is 29.2 Å². The first-order valence-corrected chi connectivity index (χ1v) is 6.59. The van der Waals surface area contributed by atoms with Crippen LogP contribution in [0.15, 0.2) is 17.0 Å². The molecule has 0 aliphatic heterocycles. The van der Waals surface area contributed by atoms with Gasteiger partial charge in [-0.05, 0) is 19.1 Å². The van der Waals surface area contributed by atoms with E-state index in [9.17, 15) is 0 Å². The van der Waals surface area contributed by atoms with Crippen molar-refractivity contribution < 1.29 is 0 Å².